The number of rotatable bonds is 8. The number of aromatic nitrogens is 1. The first kappa shape index (κ1) is 24.6. The molecule has 1 saturated heterocycles. The van der Waals surface area contributed by atoms with Crippen molar-refractivity contribution in [2.24, 2.45) is 10.9 Å². The van der Waals surface area contributed by atoms with Crippen molar-refractivity contribution >= 4 is 41.3 Å². The van der Waals surface area contributed by atoms with E-state index >= 15 is 0 Å². The minimum atomic E-state index is 0. The van der Waals surface area contributed by atoms with Gasteiger partial charge in [0.2, 0.25) is 0 Å². The van der Waals surface area contributed by atoms with Gasteiger partial charge in [0.05, 0.1) is 10.7 Å². The number of aryl methyl sites for hydroxylation is 1. The summed E-state index contributed by atoms with van der Waals surface area (Å²) in [6.45, 7) is 10.4. The second-order valence-electron chi connectivity index (χ2n) is 8.08. The summed E-state index contributed by atoms with van der Waals surface area (Å²) in [5.74, 6) is 1.68. The second-order valence-corrected chi connectivity index (χ2v) is 9.14. The number of piperidine rings is 1. The van der Waals surface area contributed by atoms with Crippen molar-refractivity contribution in [2.75, 3.05) is 32.7 Å². The van der Waals surface area contributed by atoms with Gasteiger partial charge >= 0.3 is 0 Å². The molecular weight excluding hydrogens is 493 g/mol. The van der Waals surface area contributed by atoms with E-state index in [4.69, 9.17) is 4.99 Å². The van der Waals surface area contributed by atoms with Crippen molar-refractivity contribution in [3.63, 3.8) is 0 Å². The molecule has 0 saturated carbocycles. The fourth-order valence-corrected chi connectivity index (χ4v) is 4.68. The number of thiazole rings is 1. The third-order valence-electron chi connectivity index (χ3n) is 5.73. The number of halogens is 1. The lowest BCUT2D eigenvalue weighted by molar-refractivity contribution is 0.179. The quantitative estimate of drug-likeness (QED) is 0.221. The average Bonchev–Trinajstić information content (AvgIpc) is 3.12. The van der Waals surface area contributed by atoms with Gasteiger partial charge in [-0.15, -0.1) is 35.3 Å². The van der Waals surface area contributed by atoms with Crippen LogP contribution in [0, 0.1) is 12.8 Å². The van der Waals surface area contributed by atoms with Gasteiger partial charge in [0.1, 0.15) is 0 Å². The van der Waals surface area contributed by atoms with Gasteiger partial charge < -0.3 is 10.6 Å². The molecule has 29 heavy (non-hydrogen) atoms. The molecule has 0 amide bonds. The Balaban J connectivity index is 0.00000300. The summed E-state index contributed by atoms with van der Waals surface area (Å²) >= 11 is 1.75. The lowest BCUT2D eigenvalue weighted by Gasteiger charge is -2.30. The molecular formula is C22H38IN5S. The maximum atomic E-state index is 4.88. The van der Waals surface area contributed by atoms with Crippen LogP contribution in [0.15, 0.2) is 22.0 Å². The van der Waals surface area contributed by atoms with Gasteiger partial charge in [0.25, 0.3) is 0 Å². The Morgan fingerprint density at radius 1 is 1.28 bits per heavy atom. The lowest BCUT2D eigenvalue weighted by Crippen LogP contribution is -2.39. The zero-order valence-electron chi connectivity index (χ0n) is 18.1. The lowest BCUT2D eigenvalue weighted by atomic mass is 9.97. The first-order valence-corrected chi connectivity index (χ1v) is 11.9. The van der Waals surface area contributed by atoms with E-state index in [1.54, 1.807) is 16.9 Å². The predicted octanol–water partition coefficient (Wildman–Crippen LogP) is 4.73. The molecule has 0 unspecified atom stereocenters. The maximum Gasteiger partial charge on any atom is 0.191 e. The molecule has 0 spiro atoms. The Hall–Kier alpha value is -0.670. The third-order valence-corrected chi connectivity index (χ3v) is 6.56. The van der Waals surface area contributed by atoms with Crippen LogP contribution in [0.4, 0.5) is 0 Å². The van der Waals surface area contributed by atoms with Gasteiger partial charge in [-0.05, 0) is 77.8 Å². The first-order valence-electron chi connectivity index (χ1n) is 11.1. The summed E-state index contributed by atoms with van der Waals surface area (Å²) in [5, 5.41) is 10.3. The van der Waals surface area contributed by atoms with Crippen molar-refractivity contribution in [3.8, 4) is 0 Å². The van der Waals surface area contributed by atoms with Crippen molar-refractivity contribution < 1.29 is 0 Å². The van der Waals surface area contributed by atoms with Gasteiger partial charge in [-0.3, -0.25) is 9.89 Å². The monoisotopic (exact) mass is 531 g/mol. The van der Waals surface area contributed by atoms with Crippen LogP contribution in [0.2, 0.25) is 0 Å². The van der Waals surface area contributed by atoms with E-state index in [0.29, 0.717) is 5.92 Å². The minimum absolute atomic E-state index is 0. The Bertz CT molecular complexity index is 649. The summed E-state index contributed by atoms with van der Waals surface area (Å²) in [7, 11) is 0. The second kappa shape index (κ2) is 13.6. The number of hydrogen-bond acceptors (Lipinski definition) is 4. The number of nitrogens with zero attached hydrogens (tertiary/aromatic N) is 3. The van der Waals surface area contributed by atoms with Gasteiger partial charge in [0.15, 0.2) is 5.96 Å². The van der Waals surface area contributed by atoms with Gasteiger partial charge in [-0.25, -0.2) is 4.98 Å². The number of guanidine groups is 1. The molecule has 0 bridgehead atoms. The summed E-state index contributed by atoms with van der Waals surface area (Å²) in [6, 6.07) is 0. The van der Waals surface area contributed by atoms with Crippen molar-refractivity contribution in [3.05, 3.63) is 27.7 Å². The van der Waals surface area contributed by atoms with Crippen molar-refractivity contribution in [2.45, 2.75) is 65.3 Å². The highest BCUT2D eigenvalue weighted by Gasteiger charge is 2.19. The SMILES string of the molecule is CCNC(=NCC1CCN(Cc2csc(C)n2)CC1)NCCC1=CCCCC1.I. The first-order chi connectivity index (χ1) is 13.7. The van der Waals surface area contributed by atoms with Crippen LogP contribution >= 0.6 is 35.3 Å². The van der Waals surface area contributed by atoms with Crippen molar-refractivity contribution in [1.82, 2.24) is 20.5 Å². The molecule has 3 rings (SSSR count). The predicted molar refractivity (Wildman–Crippen MR) is 135 cm³/mol. The van der Waals surface area contributed by atoms with Gasteiger partial charge in [0, 0.05) is 31.6 Å². The molecule has 1 aliphatic carbocycles. The molecule has 5 nitrogen and oxygen atoms in total. The highest BCUT2D eigenvalue weighted by Crippen LogP contribution is 2.21. The fraction of sp³-hybridized carbons (Fsp3) is 0.727. The van der Waals surface area contributed by atoms with E-state index in [9.17, 15) is 0 Å². The number of allylic oxidation sites excluding steroid dienone is 1. The van der Waals surface area contributed by atoms with Crippen LogP contribution < -0.4 is 10.6 Å². The standard InChI is InChI=1S/C22H37N5S.HI/c1-3-23-22(24-12-9-19-7-5-4-6-8-19)25-15-20-10-13-27(14-11-20)16-21-17-28-18(2)26-21;/h7,17,20H,3-6,8-16H2,1-2H3,(H2,23,24,25);1H. The molecule has 7 heteroatoms. The number of hydrogen-bond donors (Lipinski definition) is 2. The molecule has 1 aromatic rings. The Morgan fingerprint density at radius 2 is 2.10 bits per heavy atom. The number of nitrogens with one attached hydrogen (secondary N) is 2. The van der Waals surface area contributed by atoms with E-state index in [-0.39, 0.29) is 24.0 Å². The molecule has 1 aromatic heterocycles. The van der Waals surface area contributed by atoms with Crippen LogP contribution in [-0.4, -0.2) is 48.6 Å². The fourth-order valence-electron chi connectivity index (χ4n) is 4.07. The van der Waals surface area contributed by atoms with E-state index < -0.39 is 0 Å². The van der Waals surface area contributed by atoms with Crippen LogP contribution in [-0.2, 0) is 6.54 Å². The Kier molecular flexibility index (Phi) is 11.5. The third kappa shape index (κ3) is 8.92. The molecule has 0 atom stereocenters. The van der Waals surface area contributed by atoms with E-state index in [1.165, 1.54) is 49.2 Å². The summed E-state index contributed by atoms with van der Waals surface area (Å²) < 4.78 is 0. The molecule has 2 heterocycles. The molecule has 0 radical (unpaired) electrons. The maximum absolute atomic E-state index is 4.88. The van der Waals surface area contributed by atoms with Crippen LogP contribution in [0.3, 0.4) is 0 Å². The highest BCUT2D eigenvalue weighted by atomic mass is 127. The molecule has 2 aliphatic rings. The number of likely N-dealkylation sites (tertiary alicyclic amines) is 1. The molecule has 1 fully saturated rings. The Labute approximate surface area is 197 Å². The van der Waals surface area contributed by atoms with Crippen molar-refractivity contribution in [1.29, 1.82) is 0 Å². The Morgan fingerprint density at radius 3 is 2.76 bits per heavy atom. The normalized spacial score (nSPS) is 18.8. The van der Waals surface area contributed by atoms with Crippen LogP contribution in [0.25, 0.3) is 0 Å². The van der Waals surface area contributed by atoms with Gasteiger partial charge in [-0.2, -0.15) is 0 Å². The van der Waals surface area contributed by atoms with E-state index in [2.05, 4.69) is 45.8 Å². The summed E-state index contributed by atoms with van der Waals surface area (Å²) in [6.07, 6.45) is 11.3. The highest BCUT2D eigenvalue weighted by molar-refractivity contribution is 14.0. The summed E-state index contributed by atoms with van der Waals surface area (Å²) in [4.78, 5) is 12.0. The number of aliphatic imine (C=N–C) groups is 1. The van der Waals surface area contributed by atoms with Crippen LogP contribution in [0.5, 0.6) is 0 Å². The zero-order chi connectivity index (χ0) is 19.6. The van der Waals surface area contributed by atoms with E-state index in [0.717, 1.165) is 51.6 Å². The van der Waals surface area contributed by atoms with Gasteiger partial charge in [-0.1, -0.05) is 11.6 Å². The minimum Gasteiger partial charge on any atom is -0.357 e. The molecule has 1 aliphatic heterocycles. The topological polar surface area (TPSA) is 52.6 Å². The molecule has 2 N–H and O–H groups in total. The average molecular weight is 532 g/mol. The zero-order valence-corrected chi connectivity index (χ0v) is 21.2. The van der Waals surface area contributed by atoms with E-state index in [1.807, 2.05) is 0 Å². The largest absolute Gasteiger partial charge is 0.357 e. The smallest absolute Gasteiger partial charge is 0.191 e. The molecule has 164 valence electrons. The molecule has 0 aromatic carbocycles. The van der Waals surface area contributed by atoms with Crippen LogP contribution in [0.1, 0.15) is 62.6 Å². The summed E-state index contributed by atoms with van der Waals surface area (Å²) in [5.41, 5.74) is 2.85.